The number of phenols is 1. The monoisotopic (exact) mass is 415 g/mol. The maximum Gasteiger partial charge on any atom is 0.140 e. The van der Waals surface area contributed by atoms with Crippen LogP contribution in [0.2, 0.25) is 0 Å². The number of aliphatic carboxylic acids is 1. The molecule has 0 saturated carbocycles. The second-order valence-electron chi connectivity index (χ2n) is 4.58. The summed E-state index contributed by atoms with van der Waals surface area (Å²) in [6.07, 6.45) is 0.317. The summed E-state index contributed by atoms with van der Waals surface area (Å²) >= 11 is 2.13. The van der Waals surface area contributed by atoms with Crippen LogP contribution in [0.25, 0.3) is 0 Å². The molecule has 0 spiro atoms. The molecule has 0 radical (unpaired) electrons. The number of halogens is 1. The van der Waals surface area contributed by atoms with Gasteiger partial charge in [0.15, 0.2) is 0 Å². The minimum absolute atomic E-state index is 0. The van der Waals surface area contributed by atoms with Crippen LogP contribution in [0, 0.1) is 3.57 Å². The first-order chi connectivity index (χ1) is 9.95. The molecule has 5 nitrogen and oxygen atoms in total. The average molecular weight is 415 g/mol. The van der Waals surface area contributed by atoms with Crippen LogP contribution >= 0.6 is 22.6 Å². The number of quaternary nitrogens is 1. The molecule has 22 heavy (non-hydrogen) atoms. The third kappa shape index (κ3) is 4.88. The van der Waals surface area contributed by atoms with Crippen molar-refractivity contribution in [3.63, 3.8) is 0 Å². The number of carbonyl (C=O) groups is 1. The molecule has 0 fully saturated rings. The third-order valence-corrected chi connectivity index (χ3v) is 3.72. The van der Waals surface area contributed by atoms with E-state index < -0.39 is 12.0 Å². The zero-order valence-electron chi connectivity index (χ0n) is 11.1. The summed E-state index contributed by atoms with van der Waals surface area (Å²) in [6.45, 7) is 0. The van der Waals surface area contributed by atoms with Gasteiger partial charge in [-0.1, -0.05) is 13.5 Å². The van der Waals surface area contributed by atoms with E-state index >= 15 is 0 Å². The van der Waals surface area contributed by atoms with Crippen molar-refractivity contribution in [3.8, 4) is 17.2 Å². The SMILES string of the molecule is C.[NH3+]C(Cc1ccc(Oc2ccc(O)cc2)c(I)c1)C(=O)[O-]. The molecular weight excluding hydrogens is 397 g/mol. The number of carbonyl (C=O) groups excluding carboxylic acids is 1. The molecule has 2 rings (SSSR count). The minimum atomic E-state index is -1.16. The van der Waals surface area contributed by atoms with E-state index in [0.717, 1.165) is 9.13 Å². The molecule has 0 aliphatic rings. The lowest BCUT2D eigenvalue weighted by Gasteiger charge is -2.12. The number of carboxylic acid groups (broad SMARTS) is 1. The minimum Gasteiger partial charge on any atom is -0.544 e. The zero-order valence-corrected chi connectivity index (χ0v) is 13.2. The van der Waals surface area contributed by atoms with Crippen LogP contribution in [-0.2, 0) is 11.2 Å². The largest absolute Gasteiger partial charge is 0.544 e. The Balaban J connectivity index is 0.00000242. The normalized spacial score (nSPS) is 11.4. The molecule has 2 aromatic carbocycles. The van der Waals surface area contributed by atoms with Gasteiger partial charge >= 0.3 is 0 Å². The molecule has 0 bridgehead atoms. The van der Waals surface area contributed by atoms with Gasteiger partial charge in [0.1, 0.15) is 23.3 Å². The van der Waals surface area contributed by atoms with E-state index in [4.69, 9.17) is 4.74 Å². The fourth-order valence-electron chi connectivity index (χ4n) is 1.76. The predicted molar refractivity (Wildman–Crippen MR) is 89.5 cm³/mol. The van der Waals surface area contributed by atoms with Crippen molar-refractivity contribution < 1.29 is 25.5 Å². The standard InChI is InChI=1S/C15H14INO4.CH4/c16-12-7-9(8-13(17)15(19)20)1-6-14(12)21-11-4-2-10(18)3-5-11;/h1-7,13,18H,8,17H2,(H,19,20);1H4. The Hall–Kier alpha value is -1.80. The molecular formula is C16H18INO4. The summed E-state index contributed by atoms with van der Waals surface area (Å²) in [5.41, 5.74) is 4.40. The fourth-order valence-corrected chi connectivity index (χ4v) is 2.45. The van der Waals surface area contributed by atoms with Crippen molar-refractivity contribution in [1.29, 1.82) is 0 Å². The van der Waals surface area contributed by atoms with Gasteiger partial charge < -0.3 is 25.5 Å². The van der Waals surface area contributed by atoms with Gasteiger partial charge in [-0.3, -0.25) is 0 Å². The molecule has 0 saturated heterocycles. The molecule has 118 valence electrons. The molecule has 4 N–H and O–H groups in total. The molecule has 2 aromatic rings. The van der Waals surface area contributed by atoms with Crippen LogP contribution in [-0.4, -0.2) is 17.1 Å². The van der Waals surface area contributed by atoms with Gasteiger partial charge in [-0.2, -0.15) is 0 Å². The number of ether oxygens (including phenoxy) is 1. The van der Waals surface area contributed by atoms with Crippen LogP contribution < -0.4 is 15.6 Å². The summed E-state index contributed by atoms with van der Waals surface area (Å²) < 4.78 is 6.57. The van der Waals surface area contributed by atoms with Crippen molar-refractivity contribution in [2.75, 3.05) is 0 Å². The number of hydrogen-bond donors (Lipinski definition) is 2. The Morgan fingerprint density at radius 2 is 1.91 bits per heavy atom. The molecule has 1 unspecified atom stereocenters. The van der Waals surface area contributed by atoms with Crippen molar-refractivity contribution in [2.24, 2.45) is 0 Å². The molecule has 0 amide bonds. The molecule has 0 aliphatic carbocycles. The Labute approximate surface area is 142 Å². The van der Waals surface area contributed by atoms with E-state index in [9.17, 15) is 15.0 Å². The van der Waals surface area contributed by atoms with Crippen LogP contribution in [0.1, 0.15) is 13.0 Å². The van der Waals surface area contributed by atoms with Crippen LogP contribution in [0.5, 0.6) is 17.2 Å². The Kier molecular flexibility index (Phi) is 6.63. The fraction of sp³-hybridized carbons (Fsp3) is 0.188. The van der Waals surface area contributed by atoms with Gasteiger partial charge in [-0.15, -0.1) is 0 Å². The maximum absolute atomic E-state index is 10.7. The summed E-state index contributed by atoms with van der Waals surface area (Å²) in [4.78, 5) is 10.7. The molecule has 0 heterocycles. The van der Waals surface area contributed by atoms with E-state index in [1.54, 1.807) is 36.4 Å². The summed E-state index contributed by atoms with van der Waals surface area (Å²) in [5, 5.41) is 19.9. The van der Waals surface area contributed by atoms with E-state index in [1.807, 2.05) is 6.07 Å². The number of aromatic hydroxyl groups is 1. The first kappa shape index (κ1) is 18.2. The number of carboxylic acids is 1. The van der Waals surface area contributed by atoms with Crippen molar-refractivity contribution in [1.82, 2.24) is 0 Å². The second-order valence-corrected chi connectivity index (χ2v) is 5.74. The van der Waals surface area contributed by atoms with Crippen molar-refractivity contribution in [2.45, 2.75) is 19.9 Å². The highest BCUT2D eigenvalue weighted by Gasteiger charge is 2.11. The predicted octanol–water partition coefficient (Wildman–Crippen LogP) is 1.33. The Morgan fingerprint density at radius 1 is 1.27 bits per heavy atom. The molecule has 0 aromatic heterocycles. The second kappa shape index (κ2) is 8.00. The highest BCUT2D eigenvalue weighted by atomic mass is 127. The average Bonchev–Trinajstić information content (AvgIpc) is 2.44. The first-order valence-corrected chi connectivity index (χ1v) is 7.33. The van der Waals surface area contributed by atoms with Crippen molar-refractivity contribution >= 4 is 28.6 Å². The number of phenolic OH excluding ortho intramolecular Hbond substituents is 1. The van der Waals surface area contributed by atoms with Crippen LogP contribution in [0.4, 0.5) is 0 Å². The Morgan fingerprint density at radius 3 is 2.45 bits per heavy atom. The van der Waals surface area contributed by atoms with E-state index in [-0.39, 0.29) is 13.2 Å². The lowest BCUT2D eigenvalue weighted by molar-refractivity contribution is -0.437. The van der Waals surface area contributed by atoms with E-state index in [2.05, 4.69) is 28.3 Å². The van der Waals surface area contributed by atoms with Gasteiger partial charge in [-0.05, 0) is 64.6 Å². The van der Waals surface area contributed by atoms with Gasteiger partial charge in [0.05, 0.1) is 9.54 Å². The van der Waals surface area contributed by atoms with Gasteiger partial charge in [0.25, 0.3) is 0 Å². The van der Waals surface area contributed by atoms with Gasteiger partial charge in [-0.25, -0.2) is 0 Å². The lowest BCUT2D eigenvalue weighted by Crippen LogP contribution is -2.69. The molecule has 0 aliphatic heterocycles. The van der Waals surface area contributed by atoms with E-state index in [1.165, 1.54) is 0 Å². The number of benzene rings is 2. The lowest BCUT2D eigenvalue weighted by atomic mass is 10.1. The topological polar surface area (TPSA) is 97.2 Å². The third-order valence-electron chi connectivity index (χ3n) is 2.88. The summed E-state index contributed by atoms with van der Waals surface area (Å²) in [5.74, 6) is 0.299. The van der Waals surface area contributed by atoms with E-state index in [0.29, 0.717) is 17.9 Å². The first-order valence-electron chi connectivity index (χ1n) is 6.25. The van der Waals surface area contributed by atoms with Gasteiger partial charge in [0, 0.05) is 6.42 Å². The van der Waals surface area contributed by atoms with Crippen LogP contribution in [0.3, 0.4) is 0 Å². The summed E-state index contributed by atoms with van der Waals surface area (Å²) in [6, 6.07) is 11.1. The quantitative estimate of drug-likeness (QED) is 0.721. The number of rotatable bonds is 5. The maximum atomic E-state index is 10.7. The summed E-state index contributed by atoms with van der Waals surface area (Å²) in [7, 11) is 0. The van der Waals surface area contributed by atoms with Crippen molar-refractivity contribution in [3.05, 3.63) is 51.6 Å². The Bertz CT molecular complexity index is 643. The highest BCUT2D eigenvalue weighted by molar-refractivity contribution is 14.1. The highest BCUT2D eigenvalue weighted by Crippen LogP contribution is 2.28. The number of hydrogen-bond acceptors (Lipinski definition) is 4. The molecule has 6 heteroatoms. The van der Waals surface area contributed by atoms with Crippen LogP contribution in [0.15, 0.2) is 42.5 Å². The molecule has 1 atom stereocenters. The van der Waals surface area contributed by atoms with Gasteiger partial charge in [0.2, 0.25) is 0 Å². The zero-order chi connectivity index (χ0) is 15.4. The smallest absolute Gasteiger partial charge is 0.140 e.